The smallest absolute Gasteiger partial charge is 0.308 e. The van der Waals surface area contributed by atoms with Gasteiger partial charge in [-0.15, -0.1) is 0 Å². The van der Waals surface area contributed by atoms with E-state index in [1.54, 1.807) is 24.3 Å². The number of benzene rings is 1. The molecule has 1 aromatic carbocycles. The van der Waals surface area contributed by atoms with Gasteiger partial charge in [0.25, 0.3) is 5.91 Å². The van der Waals surface area contributed by atoms with E-state index in [1.165, 1.54) is 13.8 Å². The largest absolute Gasteiger partial charge is 0.452 e. The lowest BCUT2D eigenvalue weighted by atomic mass is 10.3. The molecule has 1 atom stereocenters. The highest BCUT2D eigenvalue weighted by atomic mass is 79.9. The van der Waals surface area contributed by atoms with Crippen LogP contribution in [0.4, 0.5) is 5.69 Å². The summed E-state index contributed by atoms with van der Waals surface area (Å²) in [5.74, 6) is -1.17. The molecule has 0 bridgehead atoms. The number of halogens is 1. The fourth-order valence-electron chi connectivity index (χ4n) is 1.43. The fraction of sp³-hybridized carbons (Fsp3) is 0.357. The Morgan fingerprint density at radius 3 is 2.43 bits per heavy atom. The molecule has 0 aliphatic heterocycles. The quantitative estimate of drug-likeness (QED) is 0.761. The molecule has 2 N–H and O–H groups in total. The molecule has 0 saturated carbocycles. The van der Waals surface area contributed by atoms with Crippen LogP contribution in [0.3, 0.4) is 0 Å². The first kappa shape index (κ1) is 17.2. The number of ether oxygens (including phenoxy) is 1. The Kier molecular flexibility index (Phi) is 6.87. The average molecular weight is 357 g/mol. The van der Waals surface area contributed by atoms with Gasteiger partial charge in [-0.1, -0.05) is 15.9 Å². The molecule has 2 amide bonds. The predicted octanol–water partition coefficient (Wildman–Crippen LogP) is 1.85. The molecule has 0 aliphatic carbocycles. The van der Waals surface area contributed by atoms with E-state index in [4.69, 9.17) is 4.74 Å². The molecule has 0 spiro atoms. The number of anilines is 1. The van der Waals surface area contributed by atoms with E-state index in [9.17, 15) is 14.4 Å². The van der Waals surface area contributed by atoms with E-state index in [0.717, 1.165) is 4.47 Å². The Morgan fingerprint density at radius 2 is 1.86 bits per heavy atom. The van der Waals surface area contributed by atoms with Crippen LogP contribution in [0.2, 0.25) is 0 Å². The van der Waals surface area contributed by atoms with Gasteiger partial charge in [0.05, 0.1) is 6.42 Å². The Morgan fingerprint density at radius 1 is 1.24 bits per heavy atom. The van der Waals surface area contributed by atoms with Crippen molar-refractivity contribution in [1.82, 2.24) is 5.32 Å². The SMILES string of the molecule is CC(=O)NCCC(=O)O[C@H](C)C(=O)Nc1ccc(Br)cc1. The summed E-state index contributed by atoms with van der Waals surface area (Å²) in [6, 6.07) is 7.04. The van der Waals surface area contributed by atoms with E-state index in [1.807, 2.05) is 0 Å². The van der Waals surface area contributed by atoms with Gasteiger partial charge in [-0.2, -0.15) is 0 Å². The van der Waals surface area contributed by atoms with Crippen molar-refractivity contribution in [3.63, 3.8) is 0 Å². The molecule has 7 heteroatoms. The second kappa shape index (κ2) is 8.41. The lowest BCUT2D eigenvalue weighted by molar-refractivity contribution is -0.153. The molecule has 0 unspecified atom stereocenters. The summed E-state index contributed by atoms with van der Waals surface area (Å²) in [7, 11) is 0. The van der Waals surface area contributed by atoms with Crippen LogP contribution in [0, 0.1) is 0 Å². The fourth-order valence-corrected chi connectivity index (χ4v) is 1.69. The molecule has 1 rings (SSSR count). The highest BCUT2D eigenvalue weighted by Crippen LogP contribution is 2.14. The van der Waals surface area contributed by atoms with Crippen molar-refractivity contribution >= 4 is 39.4 Å². The molecular formula is C14H17BrN2O4. The van der Waals surface area contributed by atoms with Crippen LogP contribution in [0.15, 0.2) is 28.7 Å². The zero-order chi connectivity index (χ0) is 15.8. The lowest BCUT2D eigenvalue weighted by Gasteiger charge is -2.13. The minimum atomic E-state index is -0.904. The summed E-state index contributed by atoms with van der Waals surface area (Å²) in [5.41, 5.74) is 0.615. The van der Waals surface area contributed by atoms with E-state index in [0.29, 0.717) is 5.69 Å². The van der Waals surface area contributed by atoms with Crippen molar-refractivity contribution < 1.29 is 19.1 Å². The number of hydrogen-bond donors (Lipinski definition) is 2. The van der Waals surface area contributed by atoms with Gasteiger partial charge in [0.2, 0.25) is 5.91 Å². The summed E-state index contributed by atoms with van der Waals surface area (Å²) in [6.45, 7) is 3.04. The normalized spacial score (nSPS) is 11.4. The highest BCUT2D eigenvalue weighted by molar-refractivity contribution is 9.10. The number of nitrogens with one attached hydrogen (secondary N) is 2. The number of esters is 1. The van der Waals surface area contributed by atoms with Crippen molar-refractivity contribution in [2.75, 3.05) is 11.9 Å². The van der Waals surface area contributed by atoms with Crippen LogP contribution in [0.5, 0.6) is 0 Å². The summed E-state index contributed by atoms with van der Waals surface area (Å²) in [4.78, 5) is 34.0. The van der Waals surface area contributed by atoms with E-state index in [2.05, 4.69) is 26.6 Å². The molecule has 0 radical (unpaired) electrons. The molecule has 0 aromatic heterocycles. The average Bonchev–Trinajstić information content (AvgIpc) is 2.40. The van der Waals surface area contributed by atoms with Crippen LogP contribution >= 0.6 is 15.9 Å². The first-order valence-electron chi connectivity index (χ1n) is 6.39. The summed E-state index contributed by atoms with van der Waals surface area (Å²) < 4.78 is 5.88. The summed E-state index contributed by atoms with van der Waals surface area (Å²) in [6.07, 6.45) is -0.881. The lowest BCUT2D eigenvalue weighted by Crippen LogP contribution is -2.31. The van der Waals surface area contributed by atoms with Crippen molar-refractivity contribution in [3.05, 3.63) is 28.7 Å². The van der Waals surface area contributed by atoms with Gasteiger partial charge in [0, 0.05) is 23.6 Å². The Labute approximate surface area is 131 Å². The molecule has 21 heavy (non-hydrogen) atoms. The monoisotopic (exact) mass is 356 g/mol. The van der Waals surface area contributed by atoms with Gasteiger partial charge >= 0.3 is 5.97 Å². The zero-order valence-corrected chi connectivity index (χ0v) is 13.4. The number of amides is 2. The first-order chi connectivity index (χ1) is 9.88. The van der Waals surface area contributed by atoms with Crippen molar-refractivity contribution in [2.45, 2.75) is 26.4 Å². The van der Waals surface area contributed by atoms with Gasteiger partial charge in [-0.3, -0.25) is 14.4 Å². The van der Waals surface area contributed by atoms with E-state index in [-0.39, 0.29) is 18.9 Å². The molecule has 1 aromatic rings. The molecule has 114 valence electrons. The molecule has 0 heterocycles. The number of hydrogen-bond acceptors (Lipinski definition) is 4. The second-order valence-corrected chi connectivity index (χ2v) is 5.28. The molecule has 0 aliphatic rings. The number of rotatable bonds is 6. The minimum absolute atomic E-state index is 0.0233. The first-order valence-corrected chi connectivity index (χ1v) is 7.18. The van der Waals surface area contributed by atoms with Crippen LogP contribution in [-0.2, 0) is 19.1 Å². The highest BCUT2D eigenvalue weighted by Gasteiger charge is 2.17. The molecule has 0 fully saturated rings. The molecular weight excluding hydrogens is 340 g/mol. The maximum atomic E-state index is 11.8. The van der Waals surface area contributed by atoms with Crippen LogP contribution in [-0.4, -0.2) is 30.4 Å². The predicted molar refractivity (Wildman–Crippen MR) is 81.6 cm³/mol. The van der Waals surface area contributed by atoms with Gasteiger partial charge in [-0.05, 0) is 31.2 Å². The topological polar surface area (TPSA) is 84.5 Å². The van der Waals surface area contributed by atoms with Gasteiger partial charge in [0.1, 0.15) is 0 Å². The number of carbonyl (C=O) groups is 3. The van der Waals surface area contributed by atoms with Crippen molar-refractivity contribution in [2.24, 2.45) is 0 Å². The Bertz CT molecular complexity index is 516. The third-order valence-electron chi connectivity index (χ3n) is 2.49. The third kappa shape index (κ3) is 6.89. The van der Waals surface area contributed by atoms with E-state index >= 15 is 0 Å². The van der Waals surface area contributed by atoms with Gasteiger partial charge in [0.15, 0.2) is 6.10 Å². The second-order valence-electron chi connectivity index (χ2n) is 4.36. The van der Waals surface area contributed by atoms with E-state index < -0.39 is 18.0 Å². The van der Waals surface area contributed by atoms with Crippen molar-refractivity contribution in [3.8, 4) is 0 Å². The minimum Gasteiger partial charge on any atom is -0.452 e. The van der Waals surface area contributed by atoms with Crippen LogP contribution in [0.1, 0.15) is 20.3 Å². The zero-order valence-electron chi connectivity index (χ0n) is 11.8. The van der Waals surface area contributed by atoms with Crippen LogP contribution < -0.4 is 10.6 Å². The number of carbonyl (C=O) groups excluding carboxylic acids is 3. The molecule has 0 saturated heterocycles. The Balaban J connectivity index is 2.38. The Hall–Kier alpha value is -1.89. The van der Waals surface area contributed by atoms with Crippen LogP contribution in [0.25, 0.3) is 0 Å². The summed E-state index contributed by atoms with van der Waals surface area (Å²) >= 11 is 3.30. The molecule has 6 nitrogen and oxygen atoms in total. The third-order valence-corrected chi connectivity index (χ3v) is 3.02. The van der Waals surface area contributed by atoms with Crippen molar-refractivity contribution in [1.29, 1.82) is 0 Å². The maximum Gasteiger partial charge on any atom is 0.308 e. The summed E-state index contributed by atoms with van der Waals surface area (Å²) in [5, 5.41) is 5.12. The van der Waals surface area contributed by atoms with Gasteiger partial charge < -0.3 is 15.4 Å². The standard InChI is InChI=1S/C14H17BrN2O4/c1-9(21-13(19)7-8-16-10(2)18)14(20)17-12-5-3-11(15)4-6-12/h3-6,9H,7-8H2,1-2H3,(H,16,18)(H,17,20)/t9-/m1/s1. The maximum absolute atomic E-state index is 11.8. The van der Waals surface area contributed by atoms with Gasteiger partial charge in [-0.25, -0.2) is 0 Å².